The van der Waals surface area contributed by atoms with E-state index in [4.69, 9.17) is 5.73 Å². The van der Waals surface area contributed by atoms with Crippen LogP contribution in [0, 0.1) is 5.41 Å². The number of hydrogen-bond donors (Lipinski definition) is 1. The molecule has 0 radical (unpaired) electrons. The molecule has 1 aliphatic rings. The second-order valence-electron chi connectivity index (χ2n) is 3.65. The first-order valence-corrected chi connectivity index (χ1v) is 5.12. The molecule has 1 rings (SSSR count). The third kappa shape index (κ3) is 1.32. The highest BCUT2D eigenvalue weighted by Gasteiger charge is 2.41. The molecular weight excluding hydrogens is 150 g/mol. The van der Waals surface area contributed by atoms with Crippen molar-refractivity contribution < 1.29 is 8.42 Å². The Labute approximate surface area is 61.5 Å². The van der Waals surface area contributed by atoms with Gasteiger partial charge >= 0.3 is 0 Å². The van der Waals surface area contributed by atoms with Crippen LogP contribution in [0.25, 0.3) is 0 Å². The molecule has 0 aromatic heterocycles. The summed E-state index contributed by atoms with van der Waals surface area (Å²) in [5.41, 5.74) is 5.39. The van der Waals surface area contributed by atoms with Crippen LogP contribution in [0.15, 0.2) is 0 Å². The fraction of sp³-hybridized carbons (Fsp3) is 1.00. The predicted octanol–water partition coefficient (Wildman–Crippen LogP) is -0.232. The monoisotopic (exact) mass is 163 g/mol. The molecule has 10 heavy (non-hydrogen) atoms. The van der Waals surface area contributed by atoms with Gasteiger partial charge in [-0.05, 0) is 5.41 Å². The Balaban J connectivity index is 2.92. The van der Waals surface area contributed by atoms with E-state index in [2.05, 4.69) is 0 Å². The SMILES string of the molecule is CC1(C)CS(=O)(=O)CC1N. The Hall–Kier alpha value is -0.0900. The van der Waals surface area contributed by atoms with Crippen LogP contribution in [0.1, 0.15) is 13.8 Å². The van der Waals surface area contributed by atoms with Gasteiger partial charge in [-0.2, -0.15) is 0 Å². The molecule has 1 atom stereocenters. The van der Waals surface area contributed by atoms with Gasteiger partial charge in [0.2, 0.25) is 0 Å². The summed E-state index contributed by atoms with van der Waals surface area (Å²) in [5, 5.41) is 0. The van der Waals surface area contributed by atoms with Crippen molar-refractivity contribution >= 4 is 9.84 Å². The van der Waals surface area contributed by atoms with E-state index >= 15 is 0 Å². The molecule has 0 bridgehead atoms. The predicted molar refractivity (Wildman–Crippen MR) is 40.4 cm³/mol. The first-order valence-electron chi connectivity index (χ1n) is 3.29. The number of nitrogens with two attached hydrogens (primary N) is 1. The zero-order valence-corrected chi connectivity index (χ0v) is 7.11. The number of rotatable bonds is 0. The molecule has 1 aliphatic heterocycles. The van der Waals surface area contributed by atoms with Gasteiger partial charge in [0.15, 0.2) is 9.84 Å². The topological polar surface area (TPSA) is 60.2 Å². The first-order chi connectivity index (χ1) is 4.33. The van der Waals surface area contributed by atoms with E-state index in [1.165, 1.54) is 0 Å². The fourth-order valence-electron chi connectivity index (χ4n) is 1.23. The zero-order chi connectivity index (χ0) is 7.99. The molecule has 1 heterocycles. The summed E-state index contributed by atoms with van der Waals surface area (Å²) < 4.78 is 22.0. The molecule has 3 nitrogen and oxygen atoms in total. The lowest BCUT2D eigenvalue weighted by atomic mass is 9.89. The maximum absolute atomic E-state index is 11.0. The van der Waals surface area contributed by atoms with Crippen LogP contribution in [0.3, 0.4) is 0 Å². The first kappa shape index (κ1) is 8.01. The maximum Gasteiger partial charge on any atom is 0.152 e. The van der Waals surface area contributed by atoms with Gasteiger partial charge < -0.3 is 5.73 Å². The average molecular weight is 163 g/mol. The van der Waals surface area contributed by atoms with Crippen molar-refractivity contribution in [2.24, 2.45) is 11.1 Å². The Morgan fingerprint density at radius 3 is 2.10 bits per heavy atom. The minimum atomic E-state index is -2.83. The van der Waals surface area contributed by atoms with E-state index in [1.54, 1.807) is 0 Å². The minimum absolute atomic E-state index is 0.153. The van der Waals surface area contributed by atoms with Crippen LogP contribution in [0.2, 0.25) is 0 Å². The second-order valence-corrected chi connectivity index (χ2v) is 5.76. The quantitative estimate of drug-likeness (QED) is 0.536. The number of sulfone groups is 1. The molecule has 0 aromatic rings. The van der Waals surface area contributed by atoms with Crippen molar-refractivity contribution in [1.82, 2.24) is 0 Å². The summed E-state index contributed by atoms with van der Waals surface area (Å²) in [4.78, 5) is 0. The summed E-state index contributed by atoms with van der Waals surface area (Å²) >= 11 is 0. The van der Waals surface area contributed by atoms with Crippen LogP contribution >= 0.6 is 0 Å². The Bertz CT molecular complexity index is 230. The highest BCUT2D eigenvalue weighted by Crippen LogP contribution is 2.29. The lowest BCUT2D eigenvalue weighted by Gasteiger charge is -2.20. The maximum atomic E-state index is 11.0. The Morgan fingerprint density at radius 1 is 1.50 bits per heavy atom. The Kier molecular flexibility index (Phi) is 1.56. The van der Waals surface area contributed by atoms with Gasteiger partial charge in [-0.1, -0.05) is 13.8 Å². The van der Waals surface area contributed by atoms with Crippen molar-refractivity contribution in [2.45, 2.75) is 19.9 Å². The van der Waals surface area contributed by atoms with Crippen molar-refractivity contribution in [1.29, 1.82) is 0 Å². The molecule has 1 fully saturated rings. The zero-order valence-electron chi connectivity index (χ0n) is 6.29. The molecule has 1 saturated heterocycles. The lowest BCUT2D eigenvalue weighted by molar-refractivity contribution is 0.369. The molecule has 0 saturated carbocycles. The lowest BCUT2D eigenvalue weighted by Crippen LogP contribution is -2.35. The Morgan fingerprint density at radius 2 is 2.00 bits per heavy atom. The van der Waals surface area contributed by atoms with E-state index in [0.29, 0.717) is 0 Å². The summed E-state index contributed by atoms with van der Waals surface area (Å²) in [5.74, 6) is 0.390. The minimum Gasteiger partial charge on any atom is -0.326 e. The van der Waals surface area contributed by atoms with Gasteiger partial charge in [0, 0.05) is 6.04 Å². The molecule has 0 aromatic carbocycles. The van der Waals surface area contributed by atoms with Crippen LogP contribution in [-0.4, -0.2) is 26.0 Å². The highest BCUT2D eigenvalue weighted by atomic mass is 32.2. The van der Waals surface area contributed by atoms with Crippen molar-refractivity contribution in [2.75, 3.05) is 11.5 Å². The third-order valence-corrected chi connectivity index (χ3v) is 4.08. The molecule has 0 aliphatic carbocycles. The summed E-state index contributed by atoms with van der Waals surface area (Å²) in [7, 11) is -2.83. The molecule has 2 N–H and O–H groups in total. The van der Waals surface area contributed by atoms with Crippen LogP contribution in [0.5, 0.6) is 0 Å². The largest absolute Gasteiger partial charge is 0.326 e. The van der Waals surface area contributed by atoms with Gasteiger partial charge in [-0.25, -0.2) is 8.42 Å². The standard InChI is InChI=1S/C6H13NO2S/c1-6(2)4-10(8,9)3-5(6)7/h5H,3-4,7H2,1-2H3. The molecule has 0 spiro atoms. The van der Waals surface area contributed by atoms with E-state index < -0.39 is 9.84 Å². The van der Waals surface area contributed by atoms with E-state index in [1.807, 2.05) is 13.8 Å². The van der Waals surface area contributed by atoms with E-state index in [9.17, 15) is 8.42 Å². The fourth-order valence-corrected chi connectivity index (χ4v) is 3.70. The third-order valence-electron chi connectivity index (χ3n) is 2.03. The van der Waals surface area contributed by atoms with Crippen LogP contribution in [0.4, 0.5) is 0 Å². The summed E-state index contributed by atoms with van der Waals surface area (Å²) in [6.07, 6.45) is 0. The van der Waals surface area contributed by atoms with Gasteiger partial charge in [-0.3, -0.25) is 0 Å². The van der Waals surface area contributed by atoms with Gasteiger partial charge in [0.25, 0.3) is 0 Å². The van der Waals surface area contributed by atoms with Crippen LogP contribution in [-0.2, 0) is 9.84 Å². The highest BCUT2D eigenvalue weighted by molar-refractivity contribution is 7.91. The van der Waals surface area contributed by atoms with Crippen molar-refractivity contribution in [3.63, 3.8) is 0 Å². The summed E-state index contributed by atoms with van der Waals surface area (Å²) in [6.45, 7) is 3.78. The van der Waals surface area contributed by atoms with E-state index in [-0.39, 0.29) is 23.0 Å². The summed E-state index contributed by atoms with van der Waals surface area (Å²) in [6, 6.07) is -0.183. The number of hydrogen-bond acceptors (Lipinski definition) is 3. The van der Waals surface area contributed by atoms with Crippen molar-refractivity contribution in [3.05, 3.63) is 0 Å². The van der Waals surface area contributed by atoms with Gasteiger partial charge in [0.05, 0.1) is 11.5 Å². The molecule has 4 heteroatoms. The molecule has 0 amide bonds. The molecular formula is C6H13NO2S. The second kappa shape index (κ2) is 1.95. The van der Waals surface area contributed by atoms with E-state index in [0.717, 1.165) is 0 Å². The van der Waals surface area contributed by atoms with Crippen LogP contribution < -0.4 is 5.73 Å². The smallest absolute Gasteiger partial charge is 0.152 e. The van der Waals surface area contributed by atoms with Gasteiger partial charge in [-0.15, -0.1) is 0 Å². The van der Waals surface area contributed by atoms with Gasteiger partial charge in [0.1, 0.15) is 0 Å². The average Bonchev–Trinajstić information content (AvgIpc) is 1.73. The molecule has 60 valence electrons. The van der Waals surface area contributed by atoms with Crippen molar-refractivity contribution in [3.8, 4) is 0 Å². The molecule has 1 unspecified atom stereocenters. The normalized spacial score (nSPS) is 36.1.